The van der Waals surface area contributed by atoms with E-state index in [1.54, 1.807) is 7.11 Å². The van der Waals surface area contributed by atoms with Crippen molar-refractivity contribution in [2.75, 3.05) is 13.7 Å². The van der Waals surface area contributed by atoms with E-state index in [0.717, 1.165) is 25.4 Å². The molecule has 1 atom stereocenters. The summed E-state index contributed by atoms with van der Waals surface area (Å²) >= 11 is 0. The molecular formula is C16H34O2. The van der Waals surface area contributed by atoms with E-state index in [4.69, 9.17) is 9.47 Å². The van der Waals surface area contributed by atoms with Gasteiger partial charge in [0.2, 0.25) is 0 Å². The maximum Gasteiger partial charge on any atom is 0.0644 e. The SMILES string of the molecule is COC(C)(C)CCOC(C)CC(C)(C)CC(C)C. The zero-order valence-corrected chi connectivity index (χ0v) is 13.8. The van der Waals surface area contributed by atoms with Crippen molar-refractivity contribution < 1.29 is 9.47 Å². The quantitative estimate of drug-likeness (QED) is 0.598. The number of methoxy groups -OCH3 is 1. The van der Waals surface area contributed by atoms with Gasteiger partial charge in [-0.15, -0.1) is 0 Å². The highest BCUT2D eigenvalue weighted by Gasteiger charge is 2.23. The predicted octanol–water partition coefficient (Wildman–Crippen LogP) is 4.67. The molecule has 0 spiro atoms. The molecule has 2 heteroatoms. The lowest BCUT2D eigenvalue weighted by molar-refractivity contribution is -0.0318. The fourth-order valence-corrected chi connectivity index (χ4v) is 2.63. The van der Waals surface area contributed by atoms with Crippen LogP contribution >= 0.6 is 0 Å². The summed E-state index contributed by atoms with van der Waals surface area (Å²) in [5.74, 6) is 0.750. The lowest BCUT2D eigenvalue weighted by Gasteiger charge is -2.30. The molecule has 0 radical (unpaired) electrons. The van der Waals surface area contributed by atoms with Crippen LogP contribution in [0.3, 0.4) is 0 Å². The average molecular weight is 258 g/mol. The van der Waals surface area contributed by atoms with Gasteiger partial charge < -0.3 is 9.47 Å². The first-order valence-corrected chi connectivity index (χ1v) is 7.25. The van der Waals surface area contributed by atoms with Gasteiger partial charge in [0.05, 0.1) is 11.7 Å². The first-order chi connectivity index (χ1) is 8.08. The summed E-state index contributed by atoms with van der Waals surface area (Å²) in [4.78, 5) is 0. The van der Waals surface area contributed by atoms with Crippen molar-refractivity contribution in [2.45, 2.75) is 79.4 Å². The first-order valence-electron chi connectivity index (χ1n) is 7.25. The number of ether oxygens (including phenoxy) is 2. The van der Waals surface area contributed by atoms with Crippen molar-refractivity contribution in [1.82, 2.24) is 0 Å². The third-order valence-corrected chi connectivity index (χ3v) is 3.46. The van der Waals surface area contributed by atoms with Gasteiger partial charge in [-0.2, -0.15) is 0 Å². The highest BCUT2D eigenvalue weighted by Crippen LogP contribution is 2.31. The highest BCUT2D eigenvalue weighted by atomic mass is 16.5. The van der Waals surface area contributed by atoms with Crippen LogP contribution in [0.25, 0.3) is 0 Å². The molecule has 0 heterocycles. The number of rotatable bonds is 9. The molecule has 0 rings (SSSR count). The Bertz CT molecular complexity index is 219. The molecule has 0 aliphatic rings. The Labute approximate surface area is 114 Å². The van der Waals surface area contributed by atoms with Gasteiger partial charge in [0.25, 0.3) is 0 Å². The Balaban J connectivity index is 3.94. The van der Waals surface area contributed by atoms with Crippen LogP contribution in [0.15, 0.2) is 0 Å². The molecule has 0 saturated heterocycles. The minimum absolute atomic E-state index is 0.0762. The fourth-order valence-electron chi connectivity index (χ4n) is 2.63. The zero-order valence-electron chi connectivity index (χ0n) is 13.8. The predicted molar refractivity (Wildman–Crippen MR) is 79.0 cm³/mol. The maximum absolute atomic E-state index is 5.92. The molecule has 0 aromatic carbocycles. The third-order valence-electron chi connectivity index (χ3n) is 3.46. The maximum atomic E-state index is 5.92. The molecule has 0 amide bonds. The van der Waals surface area contributed by atoms with E-state index >= 15 is 0 Å². The number of hydrogen-bond donors (Lipinski definition) is 0. The monoisotopic (exact) mass is 258 g/mol. The molecule has 0 bridgehead atoms. The van der Waals surface area contributed by atoms with E-state index in [2.05, 4.69) is 48.5 Å². The van der Waals surface area contributed by atoms with Crippen LogP contribution in [0.4, 0.5) is 0 Å². The Morgan fingerprint density at radius 2 is 1.50 bits per heavy atom. The van der Waals surface area contributed by atoms with E-state index in [1.165, 1.54) is 6.42 Å². The Hall–Kier alpha value is -0.0800. The van der Waals surface area contributed by atoms with Crippen LogP contribution in [0.1, 0.15) is 67.7 Å². The summed E-state index contributed by atoms with van der Waals surface area (Å²) in [5, 5.41) is 0. The fraction of sp³-hybridized carbons (Fsp3) is 1.00. The molecule has 0 aliphatic carbocycles. The molecule has 18 heavy (non-hydrogen) atoms. The minimum atomic E-state index is -0.0762. The molecule has 2 nitrogen and oxygen atoms in total. The highest BCUT2D eigenvalue weighted by molar-refractivity contribution is 4.74. The molecular weight excluding hydrogens is 224 g/mol. The topological polar surface area (TPSA) is 18.5 Å². The molecule has 1 unspecified atom stereocenters. The van der Waals surface area contributed by atoms with Crippen molar-refractivity contribution >= 4 is 0 Å². The molecule has 0 N–H and O–H groups in total. The van der Waals surface area contributed by atoms with Crippen molar-refractivity contribution in [3.63, 3.8) is 0 Å². The lowest BCUT2D eigenvalue weighted by atomic mass is 9.79. The third kappa shape index (κ3) is 8.93. The van der Waals surface area contributed by atoms with Gasteiger partial charge >= 0.3 is 0 Å². The molecule has 110 valence electrons. The van der Waals surface area contributed by atoms with Crippen LogP contribution in [0, 0.1) is 11.3 Å². The Kier molecular flexibility index (Phi) is 7.46. The van der Waals surface area contributed by atoms with Gasteiger partial charge in [0, 0.05) is 13.7 Å². The van der Waals surface area contributed by atoms with Crippen LogP contribution in [0.5, 0.6) is 0 Å². The normalized spacial score (nSPS) is 15.2. The molecule has 0 saturated carbocycles. The van der Waals surface area contributed by atoms with E-state index in [9.17, 15) is 0 Å². The molecule has 0 aliphatic heterocycles. The van der Waals surface area contributed by atoms with Crippen LogP contribution in [-0.4, -0.2) is 25.4 Å². The van der Waals surface area contributed by atoms with Gasteiger partial charge in [0.15, 0.2) is 0 Å². The lowest BCUT2D eigenvalue weighted by Crippen LogP contribution is -2.27. The molecule has 0 aromatic heterocycles. The first kappa shape index (κ1) is 17.9. The number of hydrogen-bond acceptors (Lipinski definition) is 2. The van der Waals surface area contributed by atoms with E-state index in [1.807, 2.05) is 0 Å². The van der Waals surface area contributed by atoms with Gasteiger partial charge in [-0.25, -0.2) is 0 Å². The minimum Gasteiger partial charge on any atom is -0.379 e. The van der Waals surface area contributed by atoms with Crippen LogP contribution in [-0.2, 0) is 9.47 Å². The summed E-state index contributed by atoms with van der Waals surface area (Å²) in [6.07, 6.45) is 3.65. The second-order valence-electron chi connectivity index (χ2n) is 7.36. The molecule has 0 fully saturated rings. The largest absolute Gasteiger partial charge is 0.379 e. The van der Waals surface area contributed by atoms with Gasteiger partial charge in [-0.1, -0.05) is 27.7 Å². The summed E-state index contributed by atoms with van der Waals surface area (Å²) in [6, 6.07) is 0. The van der Waals surface area contributed by atoms with Crippen LogP contribution in [0.2, 0.25) is 0 Å². The summed E-state index contributed by atoms with van der Waals surface area (Å²) in [7, 11) is 1.76. The smallest absolute Gasteiger partial charge is 0.0644 e. The summed E-state index contributed by atoms with van der Waals surface area (Å²) in [5.41, 5.74) is 0.289. The Morgan fingerprint density at radius 1 is 0.944 bits per heavy atom. The summed E-state index contributed by atoms with van der Waals surface area (Å²) in [6.45, 7) is 16.4. The Morgan fingerprint density at radius 3 is 1.94 bits per heavy atom. The van der Waals surface area contributed by atoms with Crippen molar-refractivity contribution in [2.24, 2.45) is 11.3 Å². The summed E-state index contributed by atoms with van der Waals surface area (Å²) < 4.78 is 11.3. The van der Waals surface area contributed by atoms with Crippen molar-refractivity contribution in [3.8, 4) is 0 Å². The van der Waals surface area contributed by atoms with E-state index in [0.29, 0.717) is 11.5 Å². The molecule has 0 aromatic rings. The van der Waals surface area contributed by atoms with Crippen molar-refractivity contribution in [3.05, 3.63) is 0 Å². The second kappa shape index (κ2) is 7.49. The van der Waals surface area contributed by atoms with Gasteiger partial charge in [-0.3, -0.25) is 0 Å². The second-order valence-corrected chi connectivity index (χ2v) is 7.36. The van der Waals surface area contributed by atoms with Crippen LogP contribution < -0.4 is 0 Å². The van der Waals surface area contributed by atoms with E-state index < -0.39 is 0 Å². The zero-order chi connectivity index (χ0) is 14.4. The van der Waals surface area contributed by atoms with Gasteiger partial charge in [-0.05, 0) is 51.4 Å². The standard InChI is InChI=1S/C16H34O2/c1-13(2)11-15(4,5)12-14(3)18-10-9-16(6,7)17-8/h13-14H,9-12H2,1-8H3. The van der Waals surface area contributed by atoms with E-state index in [-0.39, 0.29) is 5.60 Å². The van der Waals surface area contributed by atoms with Gasteiger partial charge in [0.1, 0.15) is 0 Å². The van der Waals surface area contributed by atoms with Crippen molar-refractivity contribution in [1.29, 1.82) is 0 Å². The average Bonchev–Trinajstić information content (AvgIpc) is 2.14.